The SMILES string of the molecule is CC(Cn1cccn1)NC(=O)C1(C)CCCN1. The van der Waals surface area contributed by atoms with E-state index < -0.39 is 5.54 Å². The second-order valence-electron chi connectivity index (χ2n) is 4.97. The van der Waals surface area contributed by atoms with Crippen LogP contribution >= 0.6 is 0 Å². The minimum Gasteiger partial charge on any atom is -0.350 e. The molecule has 1 aromatic heterocycles. The van der Waals surface area contributed by atoms with Crippen molar-refractivity contribution >= 4 is 5.91 Å². The van der Waals surface area contributed by atoms with Crippen molar-refractivity contribution in [3.8, 4) is 0 Å². The summed E-state index contributed by atoms with van der Waals surface area (Å²) in [6, 6.07) is 1.97. The summed E-state index contributed by atoms with van der Waals surface area (Å²) in [5, 5.41) is 10.4. The Bertz CT molecular complexity index is 368. The van der Waals surface area contributed by atoms with Gasteiger partial charge in [-0.05, 0) is 39.3 Å². The summed E-state index contributed by atoms with van der Waals surface area (Å²) < 4.78 is 1.83. The maximum absolute atomic E-state index is 12.1. The molecule has 0 saturated carbocycles. The van der Waals surface area contributed by atoms with Crippen molar-refractivity contribution in [3.63, 3.8) is 0 Å². The average molecular weight is 236 g/mol. The molecule has 0 aliphatic carbocycles. The van der Waals surface area contributed by atoms with Gasteiger partial charge in [-0.25, -0.2) is 0 Å². The topological polar surface area (TPSA) is 59.0 Å². The summed E-state index contributed by atoms with van der Waals surface area (Å²) in [6.45, 7) is 5.60. The fourth-order valence-corrected chi connectivity index (χ4v) is 2.21. The van der Waals surface area contributed by atoms with E-state index in [0.29, 0.717) is 6.54 Å². The fraction of sp³-hybridized carbons (Fsp3) is 0.667. The third-order valence-corrected chi connectivity index (χ3v) is 3.27. The Kier molecular flexibility index (Phi) is 3.47. The summed E-state index contributed by atoms with van der Waals surface area (Å²) in [4.78, 5) is 12.1. The zero-order chi connectivity index (χ0) is 12.3. The lowest BCUT2D eigenvalue weighted by Gasteiger charge is -2.25. The second kappa shape index (κ2) is 4.87. The van der Waals surface area contributed by atoms with E-state index in [2.05, 4.69) is 15.7 Å². The minimum atomic E-state index is -0.390. The molecule has 1 saturated heterocycles. The standard InChI is InChI=1S/C12H20N4O/c1-10(9-16-8-4-7-14-16)15-11(17)12(2)5-3-6-13-12/h4,7-8,10,13H,3,5-6,9H2,1-2H3,(H,15,17). The predicted octanol–water partition coefficient (Wildman–Crippen LogP) is 0.530. The number of amides is 1. The van der Waals surface area contributed by atoms with Crippen LogP contribution in [0.15, 0.2) is 18.5 Å². The Labute approximate surface area is 102 Å². The van der Waals surface area contributed by atoms with Gasteiger partial charge in [-0.1, -0.05) is 0 Å². The maximum atomic E-state index is 12.1. The highest BCUT2D eigenvalue weighted by Crippen LogP contribution is 2.18. The molecule has 0 spiro atoms. The smallest absolute Gasteiger partial charge is 0.240 e. The first kappa shape index (κ1) is 12.1. The van der Waals surface area contributed by atoms with Crippen molar-refractivity contribution < 1.29 is 4.79 Å². The third-order valence-electron chi connectivity index (χ3n) is 3.27. The van der Waals surface area contributed by atoms with Crippen LogP contribution in [0.4, 0.5) is 0 Å². The largest absolute Gasteiger partial charge is 0.350 e. The van der Waals surface area contributed by atoms with Gasteiger partial charge in [-0.3, -0.25) is 9.48 Å². The molecule has 2 heterocycles. The first-order chi connectivity index (χ1) is 8.10. The van der Waals surface area contributed by atoms with Gasteiger partial charge in [0.25, 0.3) is 0 Å². The van der Waals surface area contributed by atoms with Crippen LogP contribution in [0.1, 0.15) is 26.7 Å². The van der Waals surface area contributed by atoms with Crippen molar-refractivity contribution in [1.82, 2.24) is 20.4 Å². The van der Waals surface area contributed by atoms with Crippen molar-refractivity contribution in [2.45, 2.75) is 44.8 Å². The molecule has 5 heteroatoms. The monoisotopic (exact) mass is 236 g/mol. The second-order valence-corrected chi connectivity index (χ2v) is 4.97. The van der Waals surface area contributed by atoms with E-state index in [1.165, 1.54) is 0 Å². The molecule has 1 aliphatic rings. The van der Waals surface area contributed by atoms with Gasteiger partial charge in [0.1, 0.15) is 0 Å². The Hall–Kier alpha value is -1.36. The number of nitrogens with zero attached hydrogens (tertiary/aromatic N) is 2. The van der Waals surface area contributed by atoms with E-state index >= 15 is 0 Å². The number of hydrogen-bond donors (Lipinski definition) is 2. The fourth-order valence-electron chi connectivity index (χ4n) is 2.21. The van der Waals surface area contributed by atoms with Crippen LogP contribution in [0, 0.1) is 0 Å². The average Bonchev–Trinajstić information content (AvgIpc) is 2.90. The summed E-state index contributed by atoms with van der Waals surface area (Å²) in [6.07, 6.45) is 5.62. The highest BCUT2D eigenvalue weighted by Gasteiger charge is 2.36. The summed E-state index contributed by atoms with van der Waals surface area (Å²) in [5.41, 5.74) is -0.390. The van der Waals surface area contributed by atoms with Gasteiger partial charge in [0.15, 0.2) is 0 Å². The molecule has 17 heavy (non-hydrogen) atoms. The maximum Gasteiger partial charge on any atom is 0.240 e. The van der Waals surface area contributed by atoms with E-state index in [1.807, 2.05) is 30.8 Å². The van der Waals surface area contributed by atoms with E-state index in [0.717, 1.165) is 19.4 Å². The normalized spacial score (nSPS) is 25.8. The summed E-state index contributed by atoms with van der Waals surface area (Å²) in [5.74, 6) is 0.0923. The molecule has 1 amide bonds. The van der Waals surface area contributed by atoms with Crippen LogP contribution in [0.25, 0.3) is 0 Å². The minimum absolute atomic E-state index is 0.0848. The van der Waals surface area contributed by atoms with Gasteiger partial charge >= 0.3 is 0 Å². The molecule has 0 radical (unpaired) electrons. The number of hydrogen-bond acceptors (Lipinski definition) is 3. The lowest BCUT2D eigenvalue weighted by molar-refractivity contribution is -0.127. The van der Waals surface area contributed by atoms with Crippen LogP contribution in [-0.2, 0) is 11.3 Å². The van der Waals surface area contributed by atoms with E-state index in [9.17, 15) is 4.79 Å². The number of carbonyl (C=O) groups excluding carboxylic acids is 1. The number of nitrogens with one attached hydrogen (secondary N) is 2. The molecular formula is C12H20N4O. The molecule has 1 fully saturated rings. The summed E-state index contributed by atoms with van der Waals surface area (Å²) >= 11 is 0. The molecule has 5 nitrogen and oxygen atoms in total. The van der Waals surface area contributed by atoms with E-state index in [1.54, 1.807) is 6.20 Å². The van der Waals surface area contributed by atoms with Gasteiger partial charge in [0, 0.05) is 18.4 Å². The molecule has 0 aromatic carbocycles. The Balaban J connectivity index is 1.86. The molecular weight excluding hydrogens is 216 g/mol. The highest BCUT2D eigenvalue weighted by atomic mass is 16.2. The van der Waals surface area contributed by atoms with Crippen molar-refractivity contribution in [3.05, 3.63) is 18.5 Å². The van der Waals surface area contributed by atoms with Gasteiger partial charge in [0.2, 0.25) is 5.91 Å². The van der Waals surface area contributed by atoms with Gasteiger partial charge in [-0.2, -0.15) is 5.10 Å². The lowest BCUT2D eigenvalue weighted by atomic mass is 9.99. The first-order valence-electron chi connectivity index (χ1n) is 6.13. The third kappa shape index (κ3) is 2.85. The van der Waals surface area contributed by atoms with E-state index in [-0.39, 0.29) is 11.9 Å². The number of aromatic nitrogens is 2. The van der Waals surface area contributed by atoms with Crippen LogP contribution in [0.5, 0.6) is 0 Å². The predicted molar refractivity (Wildman–Crippen MR) is 65.5 cm³/mol. The van der Waals surface area contributed by atoms with Gasteiger partial charge in [-0.15, -0.1) is 0 Å². The zero-order valence-corrected chi connectivity index (χ0v) is 10.4. The van der Waals surface area contributed by atoms with Crippen LogP contribution in [0.2, 0.25) is 0 Å². The highest BCUT2D eigenvalue weighted by molar-refractivity contribution is 5.86. The number of carbonyl (C=O) groups is 1. The summed E-state index contributed by atoms with van der Waals surface area (Å²) in [7, 11) is 0. The Morgan fingerprint density at radius 2 is 2.53 bits per heavy atom. The lowest BCUT2D eigenvalue weighted by Crippen LogP contribution is -2.53. The molecule has 1 aromatic rings. The Morgan fingerprint density at radius 3 is 3.12 bits per heavy atom. The van der Waals surface area contributed by atoms with Crippen molar-refractivity contribution in [2.75, 3.05) is 6.54 Å². The Morgan fingerprint density at radius 1 is 1.71 bits per heavy atom. The van der Waals surface area contributed by atoms with Crippen molar-refractivity contribution in [2.24, 2.45) is 0 Å². The zero-order valence-electron chi connectivity index (χ0n) is 10.4. The van der Waals surface area contributed by atoms with Gasteiger partial charge < -0.3 is 10.6 Å². The molecule has 2 unspecified atom stereocenters. The quantitative estimate of drug-likeness (QED) is 0.801. The van der Waals surface area contributed by atoms with Crippen molar-refractivity contribution in [1.29, 1.82) is 0 Å². The molecule has 94 valence electrons. The van der Waals surface area contributed by atoms with E-state index in [4.69, 9.17) is 0 Å². The molecule has 2 rings (SSSR count). The van der Waals surface area contributed by atoms with Crippen LogP contribution in [0.3, 0.4) is 0 Å². The number of rotatable bonds is 4. The van der Waals surface area contributed by atoms with Crippen LogP contribution < -0.4 is 10.6 Å². The molecule has 0 bridgehead atoms. The van der Waals surface area contributed by atoms with Gasteiger partial charge in [0.05, 0.1) is 12.1 Å². The molecule has 2 atom stereocenters. The first-order valence-corrected chi connectivity index (χ1v) is 6.13. The van der Waals surface area contributed by atoms with Crippen LogP contribution in [-0.4, -0.2) is 33.8 Å². The molecule has 2 N–H and O–H groups in total. The molecule has 1 aliphatic heterocycles.